The number of hydrogen-bond donors (Lipinski definition) is 2. The predicted octanol–water partition coefficient (Wildman–Crippen LogP) is 2.25. The number of amides is 1. The molecule has 1 rings (SSSR count). The minimum absolute atomic E-state index is 0.132. The minimum atomic E-state index is -0.540. The third kappa shape index (κ3) is 4.60. The van der Waals surface area contributed by atoms with Gasteiger partial charge in [0, 0.05) is 19.2 Å². The van der Waals surface area contributed by atoms with Crippen molar-refractivity contribution in [1.82, 2.24) is 5.32 Å². The summed E-state index contributed by atoms with van der Waals surface area (Å²) in [5.74, 6) is -0.348. The van der Waals surface area contributed by atoms with Crippen LogP contribution in [0.1, 0.15) is 29.6 Å². The van der Waals surface area contributed by atoms with Crippen molar-refractivity contribution in [2.45, 2.75) is 19.3 Å². The van der Waals surface area contributed by atoms with Crippen molar-refractivity contribution in [3.8, 4) is 0 Å². The molecule has 7 heteroatoms. The fourth-order valence-corrected chi connectivity index (χ4v) is 2.14. The van der Waals surface area contributed by atoms with Crippen LogP contribution in [0.3, 0.4) is 0 Å². The molecule has 0 spiro atoms. The van der Waals surface area contributed by atoms with Crippen LogP contribution in [-0.2, 0) is 0 Å². The van der Waals surface area contributed by atoms with Crippen molar-refractivity contribution < 1.29 is 14.8 Å². The van der Waals surface area contributed by atoms with Crippen LogP contribution in [0.5, 0.6) is 0 Å². The molecule has 0 aromatic heterocycles. The lowest BCUT2D eigenvalue weighted by Gasteiger charge is -2.06. The number of nitrogens with zero attached hydrogens (tertiary/aromatic N) is 1. The van der Waals surface area contributed by atoms with Gasteiger partial charge in [-0.1, -0.05) is 6.07 Å². The van der Waals surface area contributed by atoms with Gasteiger partial charge in [-0.25, -0.2) is 0 Å². The first-order chi connectivity index (χ1) is 9.07. The van der Waals surface area contributed by atoms with Gasteiger partial charge in [-0.2, -0.15) is 0 Å². The van der Waals surface area contributed by atoms with Crippen LogP contribution in [0.25, 0.3) is 0 Å². The highest BCUT2D eigenvalue weighted by Gasteiger charge is 2.18. The van der Waals surface area contributed by atoms with Crippen LogP contribution < -0.4 is 5.32 Å². The molecule has 2 N–H and O–H groups in total. The number of carbonyl (C=O) groups excluding carboxylic acids is 1. The van der Waals surface area contributed by atoms with Gasteiger partial charge >= 0.3 is 0 Å². The summed E-state index contributed by atoms with van der Waals surface area (Å²) in [6.45, 7) is 0.623. The second-order valence-electron chi connectivity index (χ2n) is 3.94. The minimum Gasteiger partial charge on any atom is -0.396 e. The van der Waals surface area contributed by atoms with E-state index in [2.05, 4.69) is 21.2 Å². The maximum absolute atomic E-state index is 11.9. The Balaban J connectivity index is 2.62. The first-order valence-corrected chi connectivity index (χ1v) is 6.69. The Hall–Kier alpha value is -1.47. The summed E-state index contributed by atoms with van der Waals surface area (Å²) in [5, 5.41) is 22.1. The van der Waals surface area contributed by atoms with E-state index in [1.807, 2.05) is 0 Å². The van der Waals surface area contributed by atoms with Crippen molar-refractivity contribution in [2.75, 3.05) is 13.2 Å². The van der Waals surface area contributed by atoms with Crippen LogP contribution in [0.4, 0.5) is 5.69 Å². The topological polar surface area (TPSA) is 92.5 Å². The van der Waals surface area contributed by atoms with Crippen molar-refractivity contribution in [2.24, 2.45) is 0 Å². The molecule has 0 saturated carbocycles. The van der Waals surface area contributed by atoms with E-state index in [1.165, 1.54) is 18.2 Å². The molecular formula is C12H15BrN2O4. The zero-order valence-corrected chi connectivity index (χ0v) is 11.9. The molecule has 0 aliphatic carbocycles. The van der Waals surface area contributed by atoms with Gasteiger partial charge in [0.2, 0.25) is 0 Å². The van der Waals surface area contributed by atoms with Crippen molar-refractivity contribution in [3.05, 3.63) is 38.3 Å². The number of nitro benzene ring substituents is 1. The summed E-state index contributed by atoms with van der Waals surface area (Å²) < 4.78 is 0.188. The number of halogens is 1. The average Bonchev–Trinajstić information content (AvgIpc) is 2.38. The van der Waals surface area contributed by atoms with Crippen LogP contribution in [0.15, 0.2) is 22.7 Å². The zero-order chi connectivity index (χ0) is 14.3. The molecule has 0 atom stereocenters. The number of unbranched alkanes of at least 4 members (excludes halogenated alkanes) is 2. The molecule has 0 heterocycles. The fourth-order valence-electron chi connectivity index (χ4n) is 1.55. The smallest absolute Gasteiger partial charge is 0.284 e. The molecule has 6 nitrogen and oxygen atoms in total. The lowest BCUT2D eigenvalue weighted by Crippen LogP contribution is -2.25. The van der Waals surface area contributed by atoms with Gasteiger partial charge in [0.25, 0.3) is 11.6 Å². The number of nitrogens with one attached hydrogen (secondary N) is 1. The normalized spacial score (nSPS) is 10.2. The van der Waals surface area contributed by atoms with Crippen LogP contribution in [0.2, 0.25) is 0 Å². The molecule has 0 saturated heterocycles. The Morgan fingerprint density at radius 1 is 1.37 bits per heavy atom. The number of benzene rings is 1. The number of carbonyl (C=O) groups is 1. The third-order valence-corrected chi connectivity index (χ3v) is 3.37. The Bertz CT molecular complexity index is 465. The van der Waals surface area contributed by atoms with Crippen molar-refractivity contribution in [3.63, 3.8) is 0 Å². The predicted molar refractivity (Wildman–Crippen MR) is 74.1 cm³/mol. The largest absolute Gasteiger partial charge is 0.396 e. The highest BCUT2D eigenvalue weighted by molar-refractivity contribution is 9.10. The molecule has 0 bridgehead atoms. The monoisotopic (exact) mass is 330 g/mol. The van der Waals surface area contributed by atoms with E-state index in [1.54, 1.807) is 0 Å². The van der Waals surface area contributed by atoms with Gasteiger partial charge in [-0.3, -0.25) is 14.9 Å². The lowest BCUT2D eigenvalue weighted by molar-refractivity contribution is -0.385. The number of aliphatic hydroxyl groups excluding tert-OH is 1. The van der Waals surface area contributed by atoms with Crippen LogP contribution >= 0.6 is 15.9 Å². The molecule has 0 aliphatic rings. The summed E-state index contributed by atoms with van der Waals surface area (Å²) in [6, 6.07) is 4.34. The molecule has 1 aromatic rings. The molecule has 19 heavy (non-hydrogen) atoms. The number of rotatable bonds is 7. The quantitative estimate of drug-likeness (QED) is 0.455. The molecule has 0 aliphatic heterocycles. The standard InChI is InChI=1S/C12H15BrN2O4/c13-11-9(5-4-6-10(11)15(18)19)12(17)14-7-2-1-3-8-16/h4-6,16H,1-3,7-8H2,(H,14,17). The van der Waals surface area contributed by atoms with Gasteiger partial charge < -0.3 is 10.4 Å². The number of aliphatic hydroxyl groups is 1. The van der Waals surface area contributed by atoms with E-state index in [0.717, 1.165) is 12.8 Å². The highest BCUT2D eigenvalue weighted by atomic mass is 79.9. The van der Waals surface area contributed by atoms with Gasteiger partial charge in [0.05, 0.1) is 10.5 Å². The summed E-state index contributed by atoms with van der Waals surface area (Å²) in [7, 11) is 0. The maximum Gasteiger partial charge on any atom is 0.284 e. The van der Waals surface area contributed by atoms with E-state index in [4.69, 9.17) is 5.11 Å². The van der Waals surface area contributed by atoms with Gasteiger partial charge in [-0.05, 0) is 41.3 Å². The van der Waals surface area contributed by atoms with E-state index in [0.29, 0.717) is 13.0 Å². The SMILES string of the molecule is O=C(NCCCCCO)c1cccc([N+](=O)[O-])c1Br. The fraction of sp³-hybridized carbons (Fsp3) is 0.417. The number of hydrogen-bond acceptors (Lipinski definition) is 4. The molecule has 1 amide bonds. The van der Waals surface area contributed by atoms with Crippen LogP contribution in [0, 0.1) is 10.1 Å². The van der Waals surface area contributed by atoms with E-state index in [9.17, 15) is 14.9 Å². The zero-order valence-electron chi connectivity index (χ0n) is 10.3. The average molecular weight is 331 g/mol. The Morgan fingerprint density at radius 3 is 2.74 bits per heavy atom. The second-order valence-corrected chi connectivity index (χ2v) is 4.73. The maximum atomic E-state index is 11.9. The lowest BCUT2D eigenvalue weighted by atomic mass is 10.2. The first kappa shape index (κ1) is 15.6. The van der Waals surface area contributed by atoms with Crippen molar-refractivity contribution in [1.29, 1.82) is 0 Å². The van der Waals surface area contributed by atoms with E-state index in [-0.39, 0.29) is 28.2 Å². The van der Waals surface area contributed by atoms with Gasteiger partial charge in [-0.15, -0.1) is 0 Å². The third-order valence-electron chi connectivity index (χ3n) is 2.54. The Kier molecular flexibility index (Phi) is 6.44. The van der Waals surface area contributed by atoms with E-state index >= 15 is 0 Å². The first-order valence-electron chi connectivity index (χ1n) is 5.90. The van der Waals surface area contributed by atoms with Gasteiger partial charge in [0.15, 0.2) is 0 Å². The highest BCUT2D eigenvalue weighted by Crippen LogP contribution is 2.28. The van der Waals surface area contributed by atoms with Gasteiger partial charge in [0.1, 0.15) is 4.47 Å². The van der Waals surface area contributed by atoms with Crippen LogP contribution in [-0.4, -0.2) is 29.1 Å². The molecule has 1 aromatic carbocycles. The summed E-state index contributed by atoms with van der Waals surface area (Å²) in [5.41, 5.74) is 0.115. The summed E-state index contributed by atoms with van der Waals surface area (Å²) in [4.78, 5) is 22.1. The Labute approximate surface area is 119 Å². The number of nitro groups is 1. The summed E-state index contributed by atoms with van der Waals surface area (Å²) >= 11 is 3.08. The Morgan fingerprint density at radius 2 is 2.11 bits per heavy atom. The van der Waals surface area contributed by atoms with Crippen molar-refractivity contribution >= 4 is 27.5 Å². The molecule has 104 valence electrons. The molecule has 0 radical (unpaired) electrons. The van der Waals surface area contributed by atoms with E-state index < -0.39 is 4.92 Å². The molecule has 0 unspecified atom stereocenters. The summed E-state index contributed by atoms with van der Waals surface area (Å²) in [6.07, 6.45) is 2.29. The second kappa shape index (κ2) is 7.85. The molecule has 0 fully saturated rings. The molecular weight excluding hydrogens is 316 g/mol.